The summed E-state index contributed by atoms with van der Waals surface area (Å²) in [5, 5.41) is 10.3. The van der Waals surface area contributed by atoms with E-state index < -0.39 is 12.1 Å². The summed E-state index contributed by atoms with van der Waals surface area (Å²) < 4.78 is 33.7. The van der Waals surface area contributed by atoms with Gasteiger partial charge in [0.2, 0.25) is 0 Å². The van der Waals surface area contributed by atoms with Gasteiger partial charge < -0.3 is 20.3 Å². The molecule has 4 aromatic rings. The van der Waals surface area contributed by atoms with Crippen molar-refractivity contribution < 1.29 is 27.9 Å². The van der Waals surface area contributed by atoms with Crippen molar-refractivity contribution in [2.75, 3.05) is 31.1 Å². The molecule has 42 heavy (non-hydrogen) atoms. The molecule has 220 valence electrons. The van der Waals surface area contributed by atoms with Crippen molar-refractivity contribution in [1.82, 2.24) is 19.8 Å². The number of urea groups is 1. The topological polar surface area (TPSA) is 111 Å². The molecule has 3 heterocycles. The van der Waals surface area contributed by atoms with Crippen LogP contribution in [-0.4, -0.2) is 63.9 Å². The van der Waals surface area contributed by atoms with Gasteiger partial charge in [0.15, 0.2) is 0 Å². The fraction of sp³-hybridized carbons (Fsp3) is 0.276. The van der Waals surface area contributed by atoms with Crippen LogP contribution in [0.5, 0.6) is 0 Å². The van der Waals surface area contributed by atoms with E-state index in [-0.39, 0.29) is 17.8 Å². The van der Waals surface area contributed by atoms with Gasteiger partial charge in [0.25, 0.3) is 0 Å². The number of rotatable bonds is 4. The summed E-state index contributed by atoms with van der Waals surface area (Å²) in [5.74, 6) is -2.76. The second-order valence-corrected chi connectivity index (χ2v) is 10.9. The number of halogens is 3. The summed E-state index contributed by atoms with van der Waals surface area (Å²) in [5.41, 5.74) is 3.67. The molecule has 9 nitrogen and oxygen atoms in total. The molecule has 0 aliphatic carbocycles. The lowest BCUT2D eigenvalue weighted by Gasteiger charge is -2.33. The quantitative estimate of drug-likeness (QED) is 0.281. The molecule has 0 spiro atoms. The van der Waals surface area contributed by atoms with Crippen molar-refractivity contribution in [3.63, 3.8) is 0 Å². The molecule has 2 aliphatic heterocycles. The van der Waals surface area contributed by atoms with Crippen LogP contribution in [0.25, 0.3) is 11.0 Å². The second kappa shape index (κ2) is 12.3. The first-order valence-electron chi connectivity index (χ1n) is 13.3. The molecular weight excluding hydrogens is 571 g/mol. The second-order valence-electron chi connectivity index (χ2n) is 9.80. The lowest BCUT2D eigenvalue weighted by Crippen LogP contribution is -2.44. The molecule has 0 bridgehead atoms. The number of nitrogens with zero attached hydrogens (tertiary/aromatic N) is 3. The van der Waals surface area contributed by atoms with Gasteiger partial charge in [0, 0.05) is 42.0 Å². The lowest BCUT2D eigenvalue weighted by molar-refractivity contribution is -0.192. The summed E-state index contributed by atoms with van der Waals surface area (Å²) >= 11 is 1.69. The highest BCUT2D eigenvalue weighted by molar-refractivity contribution is 7.99. The molecular formula is C29H28F3N5O4S. The molecule has 0 atom stereocenters. The molecule has 0 unspecified atom stereocenters. The lowest BCUT2D eigenvalue weighted by atomic mass is 10.0. The maximum absolute atomic E-state index is 13.3. The maximum atomic E-state index is 13.3. The van der Waals surface area contributed by atoms with Crippen LogP contribution in [0, 0.1) is 0 Å². The Kier molecular flexibility index (Phi) is 8.59. The van der Waals surface area contributed by atoms with E-state index in [0.29, 0.717) is 6.54 Å². The number of fused-ring (bicyclic) bond motifs is 3. The van der Waals surface area contributed by atoms with Crippen molar-refractivity contribution in [2.24, 2.45) is 0 Å². The van der Waals surface area contributed by atoms with Gasteiger partial charge >= 0.3 is 23.9 Å². The summed E-state index contributed by atoms with van der Waals surface area (Å²) in [4.78, 5) is 44.0. The van der Waals surface area contributed by atoms with Crippen LogP contribution < -0.4 is 15.9 Å². The Labute approximate surface area is 242 Å². The Bertz CT molecular complexity index is 1600. The minimum atomic E-state index is -5.08. The van der Waals surface area contributed by atoms with E-state index >= 15 is 0 Å². The van der Waals surface area contributed by atoms with E-state index in [2.05, 4.69) is 27.3 Å². The number of nitrogens with one attached hydrogen (secondary N) is 2. The van der Waals surface area contributed by atoms with Crippen molar-refractivity contribution >= 4 is 46.2 Å². The number of hydrogen-bond acceptors (Lipinski definition) is 5. The van der Waals surface area contributed by atoms with E-state index in [1.54, 1.807) is 16.7 Å². The van der Waals surface area contributed by atoms with Crippen LogP contribution in [0.3, 0.4) is 0 Å². The number of alkyl halides is 3. The maximum Gasteiger partial charge on any atom is 0.490 e. The Morgan fingerprint density at radius 2 is 1.48 bits per heavy atom. The highest BCUT2D eigenvalue weighted by Gasteiger charge is 2.38. The van der Waals surface area contributed by atoms with Gasteiger partial charge in [0.1, 0.15) is 0 Å². The first-order chi connectivity index (χ1) is 20.1. The standard InChI is InChI=1S/C27H27N5O2S.C2HF3O2/c33-26(32-22-9-3-5-11-24(22)35-25-12-6-4-10-23(25)32)28-15-18-30-16-13-19(14-17-30)31-21-8-2-1-7-20(21)29-27(31)34;3-2(4,5)1(6)7/h1-12,19H,13-18H2,(H,28,33)(H,29,34);(H,6,7). The number of anilines is 2. The number of hydrogen-bond donors (Lipinski definition) is 3. The monoisotopic (exact) mass is 599 g/mol. The molecule has 3 aromatic carbocycles. The number of carboxylic acid groups (broad SMARTS) is 1. The predicted molar refractivity (Wildman–Crippen MR) is 154 cm³/mol. The average molecular weight is 600 g/mol. The van der Waals surface area contributed by atoms with Gasteiger partial charge in [-0.25, -0.2) is 14.4 Å². The number of aromatic amines is 1. The van der Waals surface area contributed by atoms with Crippen LogP contribution in [0.1, 0.15) is 18.9 Å². The predicted octanol–water partition coefficient (Wildman–Crippen LogP) is 5.61. The van der Waals surface area contributed by atoms with Crippen molar-refractivity contribution in [3.05, 3.63) is 83.3 Å². The molecule has 6 rings (SSSR count). The van der Waals surface area contributed by atoms with Gasteiger partial charge in [-0.1, -0.05) is 48.2 Å². The highest BCUT2D eigenvalue weighted by atomic mass is 32.2. The molecule has 2 aliphatic rings. The zero-order valence-corrected chi connectivity index (χ0v) is 23.1. The highest BCUT2D eigenvalue weighted by Crippen LogP contribution is 2.47. The van der Waals surface area contributed by atoms with Crippen molar-refractivity contribution in [3.8, 4) is 0 Å². The van der Waals surface area contributed by atoms with Gasteiger partial charge in [-0.05, 0) is 49.2 Å². The first kappa shape index (κ1) is 29.3. The van der Waals surface area contributed by atoms with E-state index in [1.807, 2.05) is 65.2 Å². The number of carbonyl (C=O) groups excluding carboxylic acids is 1. The first-order valence-corrected chi connectivity index (χ1v) is 14.1. The Morgan fingerprint density at radius 1 is 0.929 bits per heavy atom. The minimum Gasteiger partial charge on any atom is -0.475 e. The third-order valence-electron chi connectivity index (χ3n) is 7.13. The summed E-state index contributed by atoms with van der Waals surface area (Å²) in [6.45, 7) is 3.16. The normalized spacial score (nSPS) is 15.4. The largest absolute Gasteiger partial charge is 0.490 e. The van der Waals surface area contributed by atoms with Crippen LogP contribution >= 0.6 is 11.8 Å². The van der Waals surface area contributed by atoms with Gasteiger partial charge in [-0.15, -0.1) is 0 Å². The van der Waals surface area contributed by atoms with Crippen LogP contribution in [-0.2, 0) is 4.79 Å². The number of carboxylic acids is 1. The van der Waals surface area contributed by atoms with E-state index in [9.17, 15) is 22.8 Å². The van der Waals surface area contributed by atoms with Gasteiger partial charge in [-0.2, -0.15) is 13.2 Å². The minimum absolute atomic E-state index is 0.0304. The fourth-order valence-electron chi connectivity index (χ4n) is 5.16. The SMILES string of the molecule is O=C(NCCN1CCC(n2c(=O)[nH]c3ccccc32)CC1)N1c2ccccc2Sc2ccccc21.O=C(O)C(F)(F)F. The Balaban J connectivity index is 0.000000451. The average Bonchev–Trinajstić information content (AvgIpc) is 3.31. The Hall–Kier alpha value is -4.23. The number of para-hydroxylation sites is 4. The summed E-state index contributed by atoms with van der Waals surface area (Å²) in [6.07, 6.45) is -3.25. The summed E-state index contributed by atoms with van der Waals surface area (Å²) in [7, 11) is 0. The number of piperidine rings is 1. The number of likely N-dealkylation sites (tertiary alicyclic amines) is 1. The molecule has 0 saturated carbocycles. The van der Waals surface area contributed by atoms with Crippen molar-refractivity contribution in [2.45, 2.75) is 34.9 Å². The van der Waals surface area contributed by atoms with E-state index in [4.69, 9.17) is 9.90 Å². The van der Waals surface area contributed by atoms with E-state index in [0.717, 1.165) is 64.7 Å². The van der Waals surface area contributed by atoms with Crippen LogP contribution in [0.15, 0.2) is 87.4 Å². The third kappa shape index (κ3) is 6.31. The fourth-order valence-corrected chi connectivity index (χ4v) is 6.22. The number of imidazole rings is 1. The Morgan fingerprint density at radius 3 is 2.07 bits per heavy atom. The third-order valence-corrected chi connectivity index (χ3v) is 8.26. The molecule has 13 heteroatoms. The molecule has 3 N–H and O–H groups in total. The molecule has 0 radical (unpaired) electrons. The number of H-pyrrole nitrogens is 1. The zero-order valence-electron chi connectivity index (χ0n) is 22.3. The molecule has 1 saturated heterocycles. The molecule has 1 aromatic heterocycles. The summed E-state index contributed by atoms with van der Waals surface area (Å²) in [6, 6.07) is 24.0. The van der Waals surface area contributed by atoms with Crippen LogP contribution in [0.2, 0.25) is 0 Å². The zero-order chi connectivity index (χ0) is 29.9. The number of carbonyl (C=O) groups is 2. The van der Waals surface area contributed by atoms with E-state index in [1.165, 1.54) is 0 Å². The molecule has 2 amide bonds. The smallest absolute Gasteiger partial charge is 0.475 e. The number of aliphatic carboxylic acids is 1. The van der Waals surface area contributed by atoms with Crippen LogP contribution in [0.4, 0.5) is 29.3 Å². The number of aromatic nitrogens is 2. The number of amides is 2. The van der Waals surface area contributed by atoms with Crippen molar-refractivity contribution in [1.29, 1.82) is 0 Å². The molecule has 1 fully saturated rings. The number of benzene rings is 3. The van der Waals surface area contributed by atoms with Gasteiger partial charge in [-0.3, -0.25) is 9.47 Å². The van der Waals surface area contributed by atoms with Gasteiger partial charge in [0.05, 0.1) is 22.4 Å².